The van der Waals surface area contributed by atoms with E-state index < -0.39 is 16.4 Å². The van der Waals surface area contributed by atoms with Crippen molar-refractivity contribution in [2.45, 2.75) is 6.42 Å². The minimum atomic E-state index is -0.717. The predicted molar refractivity (Wildman–Crippen MR) is 62.3 cm³/mol. The van der Waals surface area contributed by atoms with E-state index in [1.807, 2.05) is 0 Å². The molecule has 0 aromatic heterocycles. The van der Waals surface area contributed by atoms with Gasteiger partial charge < -0.3 is 4.90 Å². The molecular weight excluding hydrogens is 239 g/mol. The van der Waals surface area contributed by atoms with Crippen molar-refractivity contribution in [3.8, 4) is 12.3 Å². The Morgan fingerprint density at radius 3 is 2.83 bits per heavy atom. The van der Waals surface area contributed by atoms with Crippen molar-refractivity contribution in [1.29, 1.82) is 0 Å². The van der Waals surface area contributed by atoms with E-state index in [0.29, 0.717) is 0 Å². The molecule has 6 heteroatoms. The Morgan fingerprint density at radius 2 is 2.28 bits per heavy atom. The van der Waals surface area contributed by atoms with Crippen LogP contribution in [0.2, 0.25) is 0 Å². The third-order valence-corrected chi connectivity index (χ3v) is 2.79. The molecule has 0 radical (unpaired) electrons. The van der Waals surface area contributed by atoms with Gasteiger partial charge in [0.05, 0.1) is 11.0 Å². The predicted octanol–water partition coefficient (Wildman–Crippen LogP) is 1.72. The molecule has 18 heavy (non-hydrogen) atoms. The standard InChI is InChI=1S/C12H9FN2O3/c1-2-8-5-12(16)14(7-8)10-4-3-9(13)6-11(10)15(17)18/h1,3-4,6,8H,5,7H2. The van der Waals surface area contributed by atoms with E-state index in [9.17, 15) is 19.3 Å². The molecule has 1 aliphatic rings. The van der Waals surface area contributed by atoms with Gasteiger partial charge in [0, 0.05) is 18.9 Å². The summed E-state index contributed by atoms with van der Waals surface area (Å²) >= 11 is 0. The average Bonchev–Trinajstić information content (AvgIpc) is 2.70. The number of halogens is 1. The highest BCUT2D eigenvalue weighted by atomic mass is 19.1. The summed E-state index contributed by atoms with van der Waals surface area (Å²) in [6.45, 7) is 0.224. The number of rotatable bonds is 2. The van der Waals surface area contributed by atoms with Gasteiger partial charge in [-0.25, -0.2) is 4.39 Å². The van der Waals surface area contributed by atoms with Crippen LogP contribution in [0.4, 0.5) is 15.8 Å². The molecule has 1 fully saturated rings. The van der Waals surface area contributed by atoms with Crippen LogP contribution in [0.15, 0.2) is 18.2 Å². The lowest BCUT2D eigenvalue weighted by atomic mass is 10.1. The van der Waals surface area contributed by atoms with Gasteiger partial charge in [0.25, 0.3) is 5.69 Å². The number of hydrogen-bond donors (Lipinski definition) is 0. The second-order valence-corrected chi connectivity index (χ2v) is 3.96. The van der Waals surface area contributed by atoms with Gasteiger partial charge in [-0.15, -0.1) is 12.3 Å². The molecule has 1 aliphatic heterocycles. The van der Waals surface area contributed by atoms with Gasteiger partial charge in [-0.3, -0.25) is 14.9 Å². The van der Waals surface area contributed by atoms with Crippen LogP contribution >= 0.6 is 0 Å². The summed E-state index contributed by atoms with van der Waals surface area (Å²) in [5.41, 5.74) is -0.342. The van der Waals surface area contributed by atoms with Crippen LogP contribution in [0.25, 0.3) is 0 Å². The fourth-order valence-corrected chi connectivity index (χ4v) is 1.92. The van der Waals surface area contributed by atoms with Crippen LogP contribution in [-0.2, 0) is 4.79 Å². The molecule has 1 atom stereocenters. The number of hydrogen-bond acceptors (Lipinski definition) is 3. The van der Waals surface area contributed by atoms with E-state index in [1.54, 1.807) is 0 Å². The Labute approximate surface area is 102 Å². The Hall–Kier alpha value is -2.42. The van der Waals surface area contributed by atoms with Crippen LogP contribution in [-0.4, -0.2) is 17.4 Å². The molecule has 0 saturated carbocycles. The molecule has 1 amide bonds. The zero-order valence-electron chi connectivity index (χ0n) is 9.30. The number of nitro groups is 1. The van der Waals surface area contributed by atoms with Crippen LogP contribution in [0.1, 0.15) is 6.42 Å². The van der Waals surface area contributed by atoms with E-state index in [0.717, 1.165) is 12.1 Å². The lowest BCUT2D eigenvalue weighted by molar-refractivity contribution is -0.384. The quantitative estimate of drug-likeness (QED) is 0.454. The van der Waals surface area contributed by atoms with Crippen molar-refractivity contribution in [2.75, 3.05) is 11.4 Å². The summed E-state index contributed by atoms with van der Waals surface area (Å²) in [7, 11) is 0. The number of benzene rings is 1. The van der Waals surface area contributed by atoms with Gasteiger partial charge in [0.2, 0.25) is 5.91 Å². The summed E-state index contributed by atoms with van der Waals surface area (Å²) in [5, 5.41) is 10.8. The molecular formula is C12H9FN2O3. The molecule has 0 N–H and O–H groups in total. The summed E-state index contributed by atoms with van der Waals surface area (Å²) in [5.74, 6) is 1.18. The number of carbonyl (C=O) groups excluding carboxylic acids is 1. The maximum atomic E-state index is 13.0. The van der Waals surface area contributed by atoms with Crippen molar-refractivity contribution >= 4 is 17.3 Å². The highest BCUT2D eigenvalue weighted by Gasteiger charge is 2.33. The van der Waals surface area contributed by atoms with E-state index in [2.05, 4.69) is 5.92 Å². The monoisotopic (exact) mass is 248 g/mol. The van der Waals surface area contributed by atoms with Gasteiger partial charge >= 0.3 is 0 Å². The van der Waals surface area contributed by atoms with Gasteiger partial charge in [-0.2, -0.15) is 0 Å². The number of nitro benzene ring substituents is 1. The molecule has 0 aliphatic carbocycles. The average molecular weight is 248 g/mol. The Morgan fingerprint density at radius 1 is 1.56 bits per heavy atom. The van der Waals surface area contributed by atoms with Crippen molar-refractivity contribution in [3.05, 3.63) is 34.1 Å². The second-order valence-electron chi connectivity index (χ2n) is 3.96. The maximum absolute atomic E-state index is 13.0. The molecule has 1 aromatic carbocycles. The van der Waals surface area contributed by atoms with Crippen molar-refractivity contribution in [1.82, 2.24) is 0 Å². The Bertz CT molecular complexity index is 565. The number of anilines is 1. The highest BCUT2D eigenvalue weighted by Crippen LogP contribution is 2.33. The second kappa shape index (κ2) is 4.45. The first-order valence-corrected chi connectivity index (χ1v) is 5.23. The van der Waals surface area contributed by atoms with E-state index in [4.69, 9.17) is 6.42 Å². The van der Waals surface area contributed by atoms with Gasteiger partial charge in [-0.05, 0) is 12.1 Å². The van der Waals surface area contributed by atoms with Crippen LogP contribution in [0, 0.1) is 34.2 Å². The Balaban J connectivity index is 2.43. The van der Waals surface area contributed by atoms with E-state index in [1.165, 1.54) is 11.0 Å². The SMILES string of the molecule is C#CC1CC(=O)N(c2ccc(F)cc2[N+](=O)[O-])C1. The number of carbonyl (C=O) groups is 1. The molecule has 1 unspecified atom stereocenters. The zero-order chi connectivity index (χ0) is 13.3. The third kappa shape index (κ3) is 2.02. The normalized spacial score (nSPS) is 18.8. The molecule has 1 saturated heterocycles. The smallest absolute Gasteiger partial charge is 0.295 e. The first kappa shape index (κ1) is 12.0. The minimum absolute atomic E-state index is 0.0872. The fraction of sp³-hybridized carbons (Fsp3) is 0.250. The van der Waals surface area contributed by atoms with Crippen LogP contribution < -0.4 is 4.90 Å². The van der Waals surface area contributed by atoms with E-state index in [-0.39, 0.29) is 30.5 Å². The van der Waals surface area contributed by atoms with E-state index >= 15 is 0 Å². The lowest BCUT2D eigenvalue weighted by Crippen LogP contribution is -2.25. The van der Waals surface area contributed by atoms with Gasteiger partial charge in [0.1, 0.15) is 11.5 Å². The molecule has 0 bridgehead atoms. The molecule has 1 aromatic rings. The Kier molecular flexibility index (Phi) is 2.98. The van der Waals surface area contributed by atoms with Gasteiger partial charge in [0.15, 0.2) is 0 Å². The third-order valence-electron chi connectivity index (χ3n) is 2.79. The number of amides is 1. The summed E-state index contributed by atoms with van der Waals surface area (Å²) in [6, 6.07) is 3.11. The largest absolute Gasteiger partial charge is 0.305 e. The topological polar surface area (TPSA) is 63.5 Å². The first-order chi connectivity index (χ1) is 8.52. The summed E-state index contributed by atoms with van der Waals surface area (Å²) in [4.78, 5) is 23.1. The van der Waals surface area contributed by atoms with Crippen LogP contribution in [0.5, 0.6) is 0 Å². The summed E-state index contributed by atoms with van der Waals surface area (Å²) in [6.07, 6.45) is 5.39. The molecule has 0 spiro atoms. The van der Waals surface area contributed by atoms with Crippen LogP contribution in [0.3, 0.4) is 0 Å². The number of nitrogens with zero attached hydrogens (tertiary/aromatic N) is 2. The van der Waals surface area contributed by atoms with Crippen molar-refractivity contribution < 1.29 is 14.1 Å². The molecule has 92 valence electrons. The van der Waals surface area contributed by atoms with Gasteiger partial charge in [-0.1, -0.05) is 0 Å². The summed E-state index contributed by atoms with van der Waals surface area (Å²) < 4.78 is 13.0. The first-order valence-electron chi connectivity index (χ1n) is 5.23. The molecule has 5 nitrogen and oxygen atoms in total. The van der Waals surface area contributed by atoms with Crippen molar-refractivity contribution in [3.63, 3.8) is 0 Å². The fourth-order valence-electron chi connectivity index (χ4n) is 1.92. The maximum Gasteiger partial charge on any atom is 0.295 e. The molecule has 1 heterocycles. The van der Waals surface area contributed by atoms with Crippen molar-refractivity contribution in [2.24, 2.45) is 5.92 Å². The highest BCUT2D eigenvalue weighted by molar-refractivity contribution is 5.98. The lowest BCUT2D eigenvalue weighted by Gasteiger charge is -2.15. The minimum Gasteiger partial charge on any atom is -0.305 e. The number of terminal acetylenes is 1. The zero-order valence-corrected chi connectivity index (χ0v) is 9.30. The molecule has 2 rings (SSSR count).